The molecule has 14 heavy (non-hydrogen) atoms. The molecule has 1 rings (SSSR count). The van der Waals surface area contributed by atoms with Crippen molar-refractivity contribution in [2.24, 2.45) is 0 Å². The summed E-state index contributed by atoms with van der Waals surface area (Å²) in [6.07, 6.45) is 0.627. The molecule has 0 saturated carbocycles. The zero-order valence-corrected chi connectivity index (χ0v) is 8.36. The minimum absolute atomic E-state index is 0.0258. The van der Waals surface area contributed by atoms with E-state index in [0.717, 1.165) is 16.9 Å². The lowest BCUT2D eigenvalue weighted by Crippen LogP contribution is -2.00. The summed E-state index contributed by atoms with van der Waals surface area (Å²) in [6.45, 7) is 2.62. The molecule has 3 nitrogen and oxygen atoms in total. The van der Waals surface area contributed by atoms with Gasteiger partial charge in [-0.3, -0.25) is 0 Å². The maximum atomic E-state index is 8.96. The normalized spacial score (nSPS) is 10.2. The van der Waals surface area contributed by atoms with Crippen molar-refractivity contribution in [3.63, 3.8) is 0 Å². The molecule has 0 atom stereocenters. The largest absolute Gasteiger partial charge is 0.493 e. The first-order valence-corrected chi connectivity index (χ1v) is 4.71. The van der Waals surface area contributed by atoms with Gasteiger partial charge in [-0.1, -0.05) is 6.07 Å². The van der Waals surface area contributed by atoms with Crippen LogP contribution in [0.4, 0.5) is 0 Å². The molecule has 0 aromatic heterocycles. The topological polar surface area (TPSA) is 49.7 Å². The second kappa shape index (κ2) is 5.62. The maximum absolute atomic E-state index is 8.96. The summed E-state index contributed by atoms with van der Waals surface area (Å²) < 4.78 is 5.40. The zero-order valence-electron chi connectivity index (χ0n) is 8.36. The van der Waals surface area contributed by atoms with Crippen LogP contribution in [0.1, 0.15) is 17.5 Å². The number of rotatable bonds is 5. The summed E-state index contributed by atoms with van der Waals surface area (Å²) in [5.41, 5.74) is 1.92. The highest BCUT2D eigenvalue weighted by molar-refractivity contribution is 5.33. The second-order valence-corrected chi connectivity index (χ2v) is 3.24. The average molecular weight is 196 g/mol. The lowest BCUT2D eigenvalue weighted by molar-refractivity contribution is 0.232. The first-order chi connectivity index (χ1) is 6.76. The molecular weight excluding hydrogens is 180 g/mol. The van der Waals surface area contributed by atoms with Crippen LogP contribution in [0, 0.1) is 6.92 Å². The fourth-order valence-corrected chi connectivity index (χ4v) is 1.25. The van der Waals surface area contributed by atoms with E-state index < -0.39 is 0 Å². The number of hydrogen-bond acceptors (Lipinski definition) is 3. The molecule has 0 saturated heterocycles. The van der Waals surface area contributed by atoms with E-state index in [1.54, 1.807) is 0 Å². The summed E-state index contributed by atoms with van der Waals surface area (Å²) in [5.74, 6) is 0.752. The Morgan fingerprint density at radius 3 is 2.64 bits per heavy atom. The maximum Gasteiger partial charge on any atom is 0.119 e. The molecule has 78 valence electrons. The number of ether oxygens (including phenoxy) is 1. The number of aliphatic hydroxyl groups excluding tert-OH is 2. The molecule has 1 aromatic rings. The summed E-state index contributed by atoms with van der Waals surface area (Å²) in [5, 5.41) is 17.5. The van der Waals surface area contributed by atoms with Gasteiger partial charge in [0, 0.05) is 13.0 Å². The molecule has 0 amide bonds. The fourth-order valence-electron chi connectivity index (χ4n) is 1.25. The minimum Gasteiger partial charge on any atom is -0.493 e. The third kappa shape index (κ3) is 3.36. The molecule has 0 aliphatic rings. The Hall–Kier alpha value is -1.06. The third-order valence-corrected chi connectivity index (χ3v) is 1.86. The van der Waals surface area contributed by atoms with Crippen molar-refractivity contribution in [1.29, 1.82) is 0 Å². The standard InChI is InChI=1S/C11H16O3/c1-9-5-10(8-13)7-11(6-9)14-4-2-3-12/h5-7,12-13H,2-4,8H2,1H3. The van der Waals surface area contributed by atoms with Gasteiger partial charge in [-0.25, -0.2) is 0 Å². The molecule has 0 fully saturated rings. The van der Waals surface area contributed by atoms with Gasteiger partial charge in [-0.05, 0) is 30.2 Å². The minimum atomic E-state index is 0.0258. The van der Waals surface area contributed by atoms with Crippen molar-refractivity contribution in [1.82, 2.24) is 0 Å². The molecule has 0 radical (unpaired) electrons. The summed E-state index contributed by atoms with van der Waals surface area (Å²) in [4.78, 5) is 0. The lowest BCUT2D eigenvalue weighted by atomic mass is 10.1. The Balaban J connectivity index is 2.62. The SMILES string of the molecule is Cc1cc(CO)cc(OCCCO)c1. The van der Waals surface area contributed by atoms with Gasteiger partial charge in [-0.2, -0.15) is 0 Å². The molecule has 3 heteroatoms. The van der Waals surface area contributed by atoms with Crippen molar-refractivity contribution in [3.8, 4) is 5.75 Å². The number of aliphatic hydroxyl groups is 2. The fraction of sp³-hybridized carbons (Fsp3) is 0.455. The summed E-state index contributed by atoms with van der Waals surface area (Å²) >= 11 is 0. The van der Waals surface area contributed by atoms with Crippen LogP contribution in [0.25, 0.3) is 0 Å². The molecule has 0 aliphatic carbocycles. The molecule has 0 heterocycles. The van der Waals surface area contributed by atoms with Crippen LogP contribution in [0.15, 0.2) is 18.2 Å². The van der Waals surface area contributed by atoms with Gasteiger partial charge in [0.15, 0.2) is 0 Å². The third-order valence-electron chi connectivity index (χ3n) is 1.86. The first-order valence-electron chi connectivity index (χ1n) is 4.71. The van der Waals surface area contributed by atoms with Crippen molar-refractivity contribution in [2.45, 2.75) is 20.0 Å². The van der Waals surface area contributed by atoms with Crippen LogP contribution in [-0.2, 0) is 6.61 Å². The Morgan fingerprint density at radius 1 is 1.21 bits per heavy atom. The van der Waals surface area contributed by atoms with Crippen LogP contribution >= 0.6 is 0 Å². The van der Waals surface area contributed by atoms with Crippen LogP contribution in [-0.4, -0.2) is 23.4 Å². The van der Waals surface area contributed by atoms with Gasteiger partial charge < -0.3 is 14.9 Å². The van der Waals surface area contributed by atoms with Crippen LogP contribution in [0.3, 0.4) is 0 Å². The Bertz CT molecular complexity index is 284. The number of benzene rings is 1. The van der Waals surface area contributed by atoms with Gasteiger partial charge in [-0.15, -0.1) is 0 Å². The Kier molecular flexibility index (Phi) is 4.43. The monoisotopic (exact) mass is 196 g/mol. The van der Waals surface area contributed by atoms with E-state index in [0.29, 0.717) is 13.0 Å². The molecular formula is C11H16O3. The highest BCUT2D eigenvalue weighted by Gasteiger charge is 1.98. The molecule has 0 spiro atoms. The van der Waals surface area contributed by atoms with Gasteiger partial charge >= 0.3 is 0 Å². The number of hydrogen-bond donors (Lipinski definition) is 2. The highest BCUT2D eigenvalue weighted by atomic mass is 16.5. The van der Waals surface area contributed by atoms with Crippen LogP contribution in [0.2, 0.25) is 0 Å². The van der Waals surface area contributed by atoms with Gasteiger partial charge in [0.2, 0.25) is 0 Å². The van der Waals surface area contributed by atoms with Crippen molar-refractivity contribution in [2.75, 3.05) is 13.2 Å². The smallest absolute Gasteiger partial charge is 0.119 e. The van der Waals surface area contributed by atoms with E-state index in [9.17, 15) is 0 Å². The van der Waals surface area contributed by atoms with Gasteiger partial charge in [0.05, 0.1) is 13.2 Å². The lowest BCUT2D eigenvalue weighted by Gasteiger charge is -2.07. The average Bonchev–Trinajstić information content (AvgIpc) is 2.17. The van der Waals surface area contributed by atoms with Crippen LogP contribution < -0.4 is 4.74 Å². The van der Waals surface area contributed by atoms with E-state index in [-0.39, 0.29) is 13.2 Å². The van der Waals surface area contributed by atoms with E-state index in [1.165, 1.54) is 0 Å². The summed E-state index contributed by atoms with van der Waals surface area (Å²) in [7, 11) is 0. The highest BCUT2D eigenvalue weighted by Crippen LogP contribution is 2.16. The van der Waals surface area contributed by atoms with Crippen molar-refractivity contribution in [3.05, 3.63) is 29.3 Å². The number of aryl methyl sites for hydroxylation is 1. The van der Waals surface area contributed by atoms with E-state index >= 15 is 0 Å². The Labute approximate surface area is 84.0 Å². The molecule has 0 unspecified atom stereocenters. The quantitative estimate of drug-likeness (QED) is 0.697. The van der Waals surface area contributed by atoms with E-state index in [4.69, 9.17) is 14.9 Å². The molecule has 1 aromatic carbocycles. The predicted molar refractivity (Wildman–Crippen MR) is 54.3 cm³/mol. The van der Waals surface area contributed by atoms with Crippen LogP contribution in [0.5, 0.6) is 5.75 Å². The zero-order chi connectivity index (χ0) is 10.4. The first kappa shape index (κ1) is 11.0. The van der Waals surface area contributed by atoms with E-state index in [1.807, 2.05) is 25.1 Å². The van der Waals surface area contributed by atoms with Crippen molar-refractivity contribution >= 4 is 0 Å². The second-order valence-electron chi connectivity index (χ2n) is 3.24. The van der Waals surface area contributed by atoms with Crippen molar-refractivity contribution < 1.29 is 14.9 Å². The molecule has 2 N–H and O–H groups in total. The molecule has 0 bridgehead atoms. The Morgan fingerprint density at radius 2 is 2.00 bits per heavy atom. The van der Waals surface area contributed by atoms with Gasteiger partial charge in [0.1, 0.15) is 5.75 Å². The molecule has 0 aliphatic heterocycles. The van der Waals surface area contributed by atoms with Gasteiger partial charge in [0.25, 0.3) is 0 Å². The predicted octanol–water partition coefficient (Wildman–Crippen LogP) is 1.25. The van der Waals surface area contributed by atoms with E-state index in [2.05, 4.69) is 0 Å². The summed E-state index contributed by atoms with van der Waals surface area (Å²) in [6, 6.07) is 5.64.